The SMILES string of the molecule is CC(=O)CC[C@H]1CN(c2ccc(N3CCNN(C(=O)CO)CC3)nc2)C(=O)O1. The smallest absolute Gasteiger partial charge is 0.414 e. The number of anilines is 2. The van der Waals surface area contributed by atoms with Crippen LogP contribution in [0.25, 0.3) is 0 Å². The predicted octanol–water partition coefficient (Wildman–Crippen LogP) is -0.0785. The number of hydrogen-bond acceptors (Lipinski definition) is 8. The summed E-state index contributed by atoms with van der Waals surface area (Å²) in [5.41, 5.74) is 3.62. The van der Waals surface area contributed by atoms with E-state index < -0.39 is 12.7 Å². The van der Waals surface area contributed by atoms with Crippen molar-refractivity contribution in [3.63, 3.8) is 0 Å². The third-order valence-corrected chi connectivity index (χ3v) is 4.77. The third-order valence-electron chi connectivity index (χ3n) is 4.77. The largest absolute Gasteiger partial charge is 0.444 e. The Hall–Kier alpha value is -2.72. The number of ketones is 1. The molecule has 2 N–H and O–H groups in total. The van der Waals surface area contributed by atoms with E-state index in [4.69, 9.17) is 9.84 Å². The Morgan fingerprint density at radius 3 is 2.82 bits per heavy atom. The monoisotopic (exact) mass is 391 g/mol. The van der Waals surface area contributed by atoms with Gasteiger partial charge < -0.3 is 19.5 Å². The molecule has 10 nitrogen and oxygen atoms in total. The minimum absolute atomic E-state index is 0.0757. The maximum Gasteiger partial charge on any atom is 0.414 e. The van der Waals surface area contributed by atoms with Crippen molar-refractivity contribution in [3.05, 3.63) is 18.3 Å². The number of Topliss-reactive ketones (excluding diaryl/α,β-unsaturated/α-hetero) is 1. The molecule has 2 amide bonds. The molecule has 2 aliphatic heterocycles. The molecule has 0 unspecified atom stereocenters. The molecule has 28 heavy (non-hydrogen) atoms. The van der Waals surface area contributed by atoms with Crippen LogP contribution in [0.2, 0.25) is 0 Å². The second-order valence-corrected chi connectivity index (χ2v) is 6.83. The van der Waals surface area contributed by atoms with Crippen LogP contribution in [0.5, 0.6) is 0 Å². The van der Waals surface area contributed by atoms with Gasteiger partial charge in [-0.15, -0.1) is 0 Å². The molecule has 10 heteroatoms. The van der Waals surface area contributed by atoms with E-state index in [9.17, 15) is 14.4 Å². The lowest BCUT2D eigenvalue weighted by atomic mass is 10.1. The molecule has 2 saturated heterocycles. The molecule has 0 aromatic carbocycles. The number of nitrogens with one attached hydrogen (secondary N) is 1. The maximum absolute atomic E-state index is 12.1. The Kier molecular flexibility index (Phi) is 6.42. The van der Waals surface area contributed by atoms with E-state index >= 15 is 0 Å². The maximum atomic E-state index is 12.1. The van der Waals surface area contributed by atoms with Gasteiger partial charge in [-0.25, -0.2) is 15.2 Å². The first-order valence-corrected chi connectivity index (χ1v) is 9.31. The van der Waals surface area contributed by atoms with Crippen LogP contribution in [0.4, 0.5) is 16.3 Å². The lowest BCUT2D eigenvalue weighted by Crippen LogP contribution is -2.45. The van der Waals surface area contributed by atoms with E-state index in [-0.39, 0.29) is 17.8 Å². The quantitative estimate of drug-likeness (QED) is 0.692. The lowest BCUT2D eigenvalue weighted by molar-refractivity contribution is -0.137. The standard InChI is InChI=1S/C18H25N5O5/c1-13(25)2-4-15-11-22(18(27)28-15)14-3-5-16(19-10-14)21-7-6-20-23(9-8-21)17(26)12-24/h3,5,10,15,20,24H,2,4,6-9,11-12H2,1H3/t15-/m0/s1. The topological polar surface area (TPSA) is 115 Å². The molecule has 0 bridgehead atoms. The molecule has 3 heterocycles. The van der Waals surface area contributed by atoms with Gasteiger partial charge in [0.1, 0.15) is 24.3 Å². The summed E-state index contributed by atoms with van der Waals surface area (Å²) in [6, 6.07) is 3.64. The Labute approximate surface area is 163 Å². The number of carbonyl (C=O) groups is 3. The van der Waals surface area contributed by atoms with E-state index in [2.05, 4.69) is 10.4 Å². The Morgan fingerprint density at radius 1 is 1.32 bits per heavy atom. The van der Waals surface area contributed by atoms with Crippen molar-refractivity contribution >= 4 is 29.3 Å². The van der Waals surface area contributed by atoms with Gasteiger partial charge in [0.2, 0.25) is 0 Å². The minimum Gasteiger partial charge on any atom is -0.444 e. The Balaban J connectivity index is 1.60. The van der Waals surface area contributed by atoms with Crippen LogP contribution in [0.3, 0.4) is 0 Å². The van der Waals surface area contributed by atoms with Crippen molar-refractivity contribution in [2.75, 3.05) is 49.1 Å². The second kappa shape index (κ2) is 8.98. The van der Waals surface area contributed by atoms with E-state index in [0.29, 0.717) is 51.3 Å². The minimum atomic E-state index is -0.528. The van der Waals surface area contributed by atoms with Crippen molar-refractivity contribution in [2.45, 2.75) is 25.9 Å². The molecular weight excluding hydrogens is 366 g/mol. The highest BCUT2D eigenvalue weighted by Gasteiger charge is 2.32. The molecule has 152 valence electrons. The lowest BCUT2D eigenvalue weighted by Gasteiger charge is -2.22. The van der Waals surface area contributed by atoms with E-state index in [1.807, 2.05) is 17.0 Å². The number of cyclic esters (lactones) is 1. The van der Waals surface area contributed by atoms with Gasteiger partial charge in [-0.3, -0.25) is 14.7 Å². The number of rotatable bonds is 6. The average Bonchev–Trinajstić information content (AvgIpc) is 2.90. The van der Waals surface area contributed by atoms with Gasteiger partial charge in [0.15, 0.2) is 0 Å². The van der Waals surface area contributed by atoms with Crippen molar-refractivity contribution in [1.82, 2.24) is 15.4 Å². The van der Waals surface area contributed by atoms with Crippen LogP contribution in [0.1, 0.15) is 19.8 Å². The zero-order valence-electron chi connectivity index (χ0n) is 15.8. The summed E-state index contributed by atoms with van der Waals surface area (Å²) in [6.07, 6.45) is 1.82. The van der Waals surface area contributed by atoms with E-state index in [0.717, 1.165) is 5.82 Å². The second-order valence-electron chi connectivity index (χ2n) is 6.83. The zero-order valence-corrected chi connectivity index (χ0v) is 15.8. The zero-order chi connectivity index (χ0) is 20.1. The normalized spacial score (nSPS) is 20.1. The number of aliphatic hydroxyl groups is 1. The molecule has 3 rings (SSSR count). The van der Waals surface area contributed by atoms with Crippen molar-refractivity contribution in [1.29, 1.82) is 0 Å². The number of hydrogen-bond donors (Lipinski definition) is 2. The van der Waals surface area contributed by atoms with Crippen LogP contribution >= 0.6 is 0 Å². The van der Waals surface area contributed by atoms with E-state index in [1.165, 1.54) is 16.8 Å². The Morgan fingerprint density at radius 2 is 2.14 bits per heavy atom. The fraction of sp³-hybridized carbons (Fsp3) is 0.556. The molecule has 1 aromatic heterocycles. The molecule has 0 saturated carbocycles. The molecule has 0 aliphatic carbocycles. The van der Waals surface area contributed by atoms with Gasteiger partial charge >= 0.3 is 6.09 Å². The fourth-order valence-electron chi connectivity index (χ4n) is 3.23. The van der Waals surface area contributed by atoms with Gasteiger partial charge in [-0.1, -0.05) is 0 Å². The van der Waals surface area contributed by atoms with Gasteiger partial charge in [0.05, 0.1) is 25.0 Å². The summed E-state index contributed by atoms with van der Waals surface area (Å²) in [6.45, 7) is 3.60. The number of carbonyl (C=O) groups excluding carboxylic acids is 3. The number of hydrazine groups is 1. The first kappa shape index (κ1) is 20.0. The number of aromatic nitrogens is 1. The first-order chi connectivity index (χ1) is 13.5. The summed E-state index contributed by atoms with van der Waals surface area (Å²) in [4.78, 5) is 42.8. The summed E-state index contributed by atoms with van der Waals surface area (Å²) in [7, 11) is 0. The molecular formula is C18H25N5O5. The van der Waals surface area contributed by atoms with Crippen molar-refractivity contribution in [3.8, 4) is 0 Å². The molecule has 1 aromatic rings. The van der Waals surface area contributed by atoms with Crippen LogP contribution in [-0.2, 0) is 14.3 Å². The van der Waals surface area contributed by atoms with Crippen molar-refractivity contribution < 1.29 is 24.2 Å². The van der Waals surface area contributed by atoms with Crippen LogP contribution in [-0.4, -0.2) is 78.3 Å². The number of amides is 2. The van der Waals surface area contributed by atoms with Gasteiger partial charge in [-0.2, -0.15) is 0 Å². The Bertz CT molecular complexity index is 726. The fourth-order valence-corrected chi connectivity index (χ4v) is 3.23. The van der Waals surface area contributed by atoms with Gasteiger partial charge in [-0.05, 0) is 25.5 Å². The first-order valence-electron chi connectivity index (χ1n) is 9.31. The van der Waals surface area contributed by atoms with Crippen molar-refractivity contribution in [2.24, 2.45) is 0 Å². The highest BCUT2D eigenvalue weighted by molar-refractivity contribution is 5.89. The van der Waals surface area contributed by atoms with Crippen LogP contribution in [0, 0.1) is 0 Å². The van der Waals surface area contributed by atoms with Gasteiger partial charge in [0.25, 0.3) is 5.91 Å². The average molecular weight is 391 g/mol. The number of ether oxygens (including phenoxy) is 1. The number of pyridine rings is 1. The molecule has 1 atom stereocenters. The van der Waals surface area contributed by atoms with E-state index in [1.54, 1.807) is 6.20 Å². The molecule has 2 aliphatic rings. The molecule has 0 spiro atoms. The summed E-state index contributed by atoms with van der Waals surface area (Å²) in [5.74, 6) is 0.452. The van der Waals surface area contributed by atoms with Crippen LogP contribution < -0.4 is 15.2 Å². The molecule has 0 radical (unpaired) electrons. The third kappa shape index (κ3) is 4.76. The number of nitrogens with zero attached hydrogens (tertiary/aromatic N) is 4. The molecule has 2 fully saturated rings. The highest BCUT2D eigenvalue weighted by atomic mass is 16.6. The summed E-state index contributed by atoms with van der Waals surface area (Å²) < 4.78 is 5.32. The van der Waals surface area contributed by atoms with Gasteiger partial charge in [0, 0.05) is 26.1 Å². The highest BCUT2D eigenvalue weighted by Crippen LogP contribution is 2.24. The predicted molar refractivity (Wildman–Crippen MR) is 101 cm³/mol. The van der Waals surface area contributed by atoms with Crippen LogP contribution in [0.15, 0.2) is 18.3 Å². The summed E-state index contributed by atoms with van der Waals surface area (Å²) in [5, 5.41) is 10.4. The summed E-state index contributed by atoms with van der Waals surface area (Å²) >= 11 is 0. The number of aliphatic hydroxyl groups excluding tert-OH is 1.